The molecule has 2 amide bonds. The quantitative estimate of drug-likeness (QED) is 0.193. The molecule has 0 aliphatic carbocycles. The van der Waals surface area contributed by atoms with Gasteiger partial charge in [0, 0.05) is 54.2 Å². The Morgan fingerprint density at radius 3 is 2.40 bits per heavy atom. The van der Waals surface area contributed by atoms with Crippen LogP contribution in [0.3, 0.4) is 0 Å². The van der Waals surface area contributed by atoms with Crippen LogP contribution in [0.1, 0.15) is 80.8 Å². The number of aryl methyl sites for hydroxylation is 1. The third-order valence-electron chi connectivity index (χ3n) is 7.42. The zero-order valence-electron chi connectivity index (χ0n) is 25.4. The molecule has 4 rings (SSSR count). The molecule has 0 saturated carbocycles. The van der Waals surface area contributed by atoms with Gasteiger partial charge in [-0.05, 0) is 61.1 Å². The van der Waals surface area contributed by atoms with Gasteiger partial charge in [-0.25, -0.2) is 4.98 Å². The number of carbonyl (C=O) groups excluding carboxylic acids is 2. The first-order valence-corrected chi connectivity index (χ1v) is 15.5. The van der Waals surface area contributed by atoms with Crippen LogP contribution in [0.25, 0.3) is 0 Å². The molecule has 0 radical (unpaired) electrons. The molecule has 226 valence electrons. The van der Waals surface area contributed by atoms with Crippen LogP contribution in [-0.2, 0) is 13.0 Å². The second kappa shape index (κ2) is 15.0. The summed E-state index contributed by atoms with van der Waals surface area (Å²) in [5.41, 5.74) is 4.89. The molecule has 2 aromatic carbocycles. The standard InChI is InChI=1S/C34H41N5O3S/c1-22(2)28-16-29(18-35-17-28)24(4)36-19-31(40)30(14-25-10-7-6-8-11-25)38-33(41)26-12-9-13-27(15-26)34(42)39(5)20-32-37-23(3)21-43-32/h6-13,15-18,21-22,24,30-31,36,40H,14,19-20H2,1-5H3,(H,38,41)/t24-,30-,31+/m0/s1. The van der Waals surface area contributed by atoms with Gasteiger partial charge < -0.3 is 20.6 Å². The minimum Gasteiger partial charge on any atom is -0.390 e. The number of amides is 2. The van der Waals surface area contributed by atoms with Crippen molar-refractivity contribution in [2.24, 2.45) is 0 Å². The zero-order valence-corrected chi connectivity index (χ0v) is 26.3. The first kappa shape index (κ1) is 32.0. The summed E-state index contributed by atoms with van der Waals surface area (Å²) in [5, 5.41) is 20.6. The molecule has 3 atom stereocenters. The molecular formula is C34H41N5O3S. The van der Waals surface area contributed by atoms with Crippen molar-refractivity contribution in [2.45, 2.75) is 64.8 Å². The highest BCUT2D eigenvalue weighted by molar-refractivity contribution is 7.09. The fourth-order valence-corrected chi connectivity index (χ4v) is 5.58. The molecule has 4 aromatic rings. The molecule has 0 spiro atoms. The SMILES string of the molecule is Cc1csc(CN(C)C(=O)c2cccc(C(=O)N[C@@H](Cc3ccccc3)[C@H](O)CN[C@@H](C)c3cncc(C(C)C)c3)c2)n1. The summed E-state index contributed by atoms with van der Waals surface area (Å²) in [7, 11) is 1.72. The maximum Gasteiger partial charge on any atom is 0.253 e. The van der Waals surface area contributed by atoms with Gasteiger partial charge in [-0.2, -0.15) is 0 Å². The predicted octanol–water partition coefficient (Wildman–Crippen LogP) is 5.29. The van der Waals surface area contributed by atoms with Crippen LogP contribution < -0.4 is 10.6 Å². The molecule has 0 fully saturated rings. The molecule has 2 heterocycles. The van der Waals surface area contributed by atoms with Gasteiger partial charge in [-0.15, -0.1) is 11.3 Å². The van der Waals surface area contributed by atoms with Gasteiger partial charge in [-0.3, -0.25) is 14.6 Å². The maximum absolute atomic E-state index is 13.5. The molecule has 9 heteroatoms. The van der Waals surface area contributed by atoms with Crippen LogP contribution in [0.4, 0.5) is 0 Å². The van der Waals surface area contributed by atoms with E-state index in [-0.39, 0.29) is 24.4 Å². The van der Waals surface area contributed by atoms with E-state index < -0.39 is 12.1 Å². The summed E-state index contributed by atoms with van der Waals surface area (Å²) in [4.78, 5) is 37.0. The van der Waals surface area contributed by atoms with Crippen LogP contribution in [0.2, 0.25) is 0 Å². The lowest BCUT2D eigenvalue weighted by molar-refractivity contribution is 0.0784. The number of nitrogens with one attached hydrogen (secondary N) is 2. The monoisotopic (exact) mass is 599 g/mol. The number of aliphatic hydroxyl groups excluding tert-OH is 1. The minimum atomic E-state index is -0.870. The van der Waals surface area contributed by atoms with Crippen LogP contribution >= 0.6 is 11.3 Å². The highest BCUT2D eigenvalue weighted by atomic mass is 32.1. The molecule has 0 bridgehead atoms. The van der Waals surface area contributed by atoms with E-state index in [1.54, 1.807) is 36.2 Å². The largest absolute Gasteiger partial charge is 0.390 e. The fraction of sp³-hybridized carbons (Fsp3) is 0.353. The second-order valence-corrected chi connectivity index (χ2v) is 12.2. The van der Waals surface area contributed by atoms with Crippen LogP contribution in [-0.4, -0.2) is 57.5 Å². The Kier molecular flexibility index (Phi) is 11.2. The topological polar surface area (TPSA) is 107 Å². The third-order valence-corrected chi connectivity index (χ3v) is 8.37. The smallest absolute Gasteiger partial charge is 0.253 e. The Hall–Kier alpha value is -3.92. The molecule has 43 heavy (non-hydrogen) atoms. The second-order valence-electron chi connectivity index (χ2n) is 11.3. The molecule has 0 aliphatic heterocycles. The summed E-state index contributed by atoms with van der Waals surface area (Å²) >= 11 is 1.51. The van der Waals surface area contributed by atoms with Crippen molar-refractivity contribution < 1.29 is 14.7 Å². The van der Waals surface area contributed by atoms with E-state index in [4.69, 9.17) is 0 Å². The summed E-state index contributed by atoms with van der Waals surface area (Å²) in [5.74, 6) is -0.181. The van der Waals surface area contributed by atoms with Crippen molar-refractivity contribution in [3.05, 3.63) is 117 Å². The maximum atomic E-state index is 13.5. The summed E-state index contributed by atoms with van der Waals surface area (Å²) in [6.07, 6.45) is 3.29. The number of thiazole rings is 1. The number of aliphatic hydroxyl groups is 1. The van der Waals surface area contributed by atoms with Crippen molar-refractivity contribution in [2.75, 3.05) is 13.6 Å². The number of rotatable bonds is 13. The number of carbonyl (C=O) groups is 2. The Balaban J connectivity index is 1.45. The van der Waals surface area contributed by atoms with Gasteiger partial charge in [-0.1, -0.05) is 56.3 Å². The molecule has 2 aromatic heterocycles. The van der Waals surface area contributed by atoms with E-state index in [9.17, 15) is 14.7 Å². The van der Waals surface area contributed by atoms with Gasteiger partial charge in [0.15, 0.2) is 0 Å². The third kappa shape index (κ3) is 9.03. The van der Waals surface area contributed by atoms with Gasteiger partial charge in [0.25, 0.3) is 11.8 Å². The number of hydrogen-bond acceptors (Lipinski definition) is 7. The Bertz CT molecular complexity index is 1510. The van der Waals surface area contributed by atoms with E-state index in [2.05, 4.69) is 40.5 Å². The fourth-order valence-electron chi connectivity index (χ4n) is 4.75. The lowest BCUT2D eigenvalue weighted by Gasteiger charge is -2.26. The Morgan fingerprint density at radius 2 is 1.70 bits per heavy atom. The Morgan fingerprint density at radius 1 is 0.977 bits per heavy atom. The number of pyridine rings is 1. The van der Waals surface area contributed by atoms with Gasteiger partial charge in [0.1, 0.15) is 5.01 Å². The first-order valence-electron chi connectivity index (χ1n) is 14.6. The summed E-state index contributed by atoms with van der Waals surface area (Å²) < 4.78 is 0. The molecule has 0 unspecified atom stereocenters. The zero-order chi connectivity index (χ0) is 30.9. The Labute approximate surface area is 258 Å². The summed E-state index contributed by atoms with van der Waals surface area (Å²) in [6.45, 7) is 8.88. The molecular weight excluding hydrogens is 558 g/mol. The number of nitrogens with zero attached hydrogens (tertiary/aromatic N) is 3. The lowest BCUT2D eigenvalue weighted by atomic mass is 9.99. The van der Waals surface area contributed by atoms with Gasteiger partial charge in [0.05, 0.1) is 18.7 Å². The lowest BCUT2D eigenvalue weighted by Crippen LogP contribution is -2.49. The predicted molar refractivity (Wildman–Crippen MR) is 171 cm³/mol. The van der Waals surface area contributed by atoms with E-state index in [1.807, 2.05) is 62.0 Å². The minimum absolute atomic E-state index is 0.0399. The normalized spacial score (nSPS) is 13.4. The molecule has 8 nitrogen and oxygen atoms in total. The highest BCUT2D eigenvalue weighted by Gasteiger charge is 2.24. The van der Waals surface area contributed by atoms with E-state index in [1.165, 1.54) is 11.3 Å². The van der Waals surface area contributed by atoms with Crippen molar-refractivity contribution in [3.63, 3.8) is 0 Å². The molecule has 3 N–H and O–H groups in total. The van der Waals surface area contributed by atoms with E-state index >= 15 is 0 Å². The molecule has 0 aliphatic rings. The van der Waals surface area contributed by atoms with Crippen molar-refractivity contribution in [1.82, 2.24) is 25.5 Å². The van der Waals surface area contributed by atoms with Crippen LogP contribution in [0, 0.1) is 6.92 Å². The number of benzene rings is 2. The first-order chi connectivity index (χ1) is 20.6. The summed E-state index contributed by atoms with van der Waals surface area (Å²) in [6, 6.07) is 18.0. The highest BCUT2D eigenvalue weighted by Crippen LogP contribution is 2.19. The van der Waals surface area contributed by atoms with E-state index in [0.29, 0.717) is 30.0 Å². The van der Waals surface area contributed by atoms with Gasteiger partial charge in [0.2, 0.25) is 0 Å². The van der Waals surface area contributed by atoms with Crippen molar-refractivity contribution in [1.29, 1.82) is 0 Å². The van der Waals surface area contributed by atoms with Crippen molar-refractivity contribution >= 4 is 23.2 Å². The van der Waals surface area contributed by atoms with Crippen LogP contribution in [0.15, 0.2) is 78.4 Å². The van der Waals surface area contributed by atoms with Gasteiger partial charge >= 0.3 is 0 Å². The number of aromatic nitrogens is 2. The van der Waals surface area contributed by atoms with Crippen LogP contribution in [0.5, 0.6) is 0 Å². The van der Waals surface area contributed by atoms with E-state index in [0.717, 1.165) is 27.4 Å². The average molecular weight is 600 g/mol. The number of hydrogen-bond donors (Lipinski definition) is 3. The average Bonchev–Trinajstić information content (AvgIpc) is 3.43. The van der Waals surface area contributed by atoms with Crippen molar-refractivity contribution in [3.8, 4) is 0 Å². The molecule has 0 saturated heterocycles.